The van der Waals surface area contributed by atoms with Crippen molar-refractivity contribution in [2.75, 3.05) is 19.7 Å². The lowest BCUT2D eigenvalue weighted by Crippen LogP contribution is -2.57. The third kappa shape index (κ3) is 12.8. The zero-order valence-corrected chi connectivity index (χ0v) is 20.3. The standard InChI is InChI=1S/C25H46N2O4/c1-4-5-6-7-8-9-10-11-12-13-14-15-23(28)27-18-17-26-25(30)22(27)20-24(29)31-19-16-21(2)3/h21-22H,4-20H2,1-3H3,(H,26,30). The Kier molecular flexibility index (Phi) is 15.1. The van der Waals surface area contributed by atoms with Gasteiger partial charge in [0.15, 0.2) is 0 Å². The minimum absolute atomic E-state index is 0.0224. The predicted molar refractivity (Wildman–Crippen MR) is 125 cm³/mol. The van der Waals surface area contributed by atoms with Gasteiger partial charge in [-0.05, 0) is 18.8 Å². The summed E-state index contributed by atoms with van der Waals surface area (Å²) in [6.45, 7) is 7.65. The highest BCUT2D eigenvalue weighted by atomic mass is 16.5. The molecule has 6 nitrogen and oxygen atoms in total. The Bertz CT molecular complexity index is 522. The molecule has 1 N–H and O–H groups in total. The number of rotatable bonds is 17. The van der Waals surface area contributed by atoms with Crippen molar-refractivity contribution >= 4 is 17.8 Å². The van der Waals surface area contributed by atoms with Crippen molar-refractivity contribution in [3.05, 3.63) is 0 Å². The van der Waals surface area contributed by atoms with E-state index in [4.69, 9.17) is 4.74 Å². The summed E-state index contributed by atoms with van der Waals surface area (Å²) in [5.41, 5.74) is 0. The van der Waals surface area contributed by atoms with E-state index in [2.05, 4.69) is 26.1 Å². The Morgan fingerprint density at radius 3 is 2.16 bits per heavy atom. The van der Waals surface area contributed by atoms with Crippen molar-refractivity contribution in [1.29, 1.82) is 0 Å². The van der Waals surface area contributed by atoms with Crippen molar-refractivity contribution in [3.8, 4) is 0 Å². The number of piperazine rings is 1. The summed E-state index contributed by atoms with van der Waals surface area (Å²) in [4.78, 5) is 38.7. The summed E-state index contributed by atoms with van der Waals surface area (Å²) < 4.78 is 5.25. The van der Waals surface area contributed by atoms with Gasteiger partial charge in [-0.3, -0.25) is 14.4 Å². The summed E-state index contributed by atoms with van der Waals surface area (Å²) in [5, 5.41) is 2.77. The second-order valence-corrected chi connectivity index (χ2v) is 9.29. The third-order valence-electron chi connectivity index (χ3n) is 5.96. The van der Waals surface area contributed by atoms with Crippen LogP contribution in [0.3, 0.4) is 0 Å². The zero-order chi connectivity index (χ0) is 22.9. The largest absolute Gasteiger partial charge is 0.466 e. The Morgan fingerprint density at radius 1 is 1.00 bits per heavy atom. The maximum absolute atomic E-state index is 12.7. The van der Waals surface area contributed by atoms with Crippen molar-refractivity contribution in [3.63, 3.8) is 0 Å². The van der Waals surface area contributed by atoms with Crippen molar-refractivity contribution in [2.24, 2.45) is 5.92 Å². The molecule has 0 aromatic carbocycles. The molecular formula is C25H46N2O4. The number of carbonyl (C=O) groups is 3. The average Bonchev–Trinajstić information content (AvgIpc) is 2.73. The van der Waals surface area contributed by atoms with Gasteiger partial charge in [-0.2, -0.15) is 0 Å². The maximum atomic E-state index is 12.7. The van der Waals surface area contributed by atoms with E-state index in [1.807, 2.05) is 0 Å². The van der Waals surface area contributed by atoms with Crippen LogP contribution in [0.1, 0.15) is 111 Å². The van der Waals surface area contributed by atoms with E-state index in [-0.39, 0.29) is 18.2 Å². The molecule has 1 aliphatic heterocycles. The van der Waals surface area contributed by atoms with Crippen LogP contribution in [0.5, 0.6) is 0 Å². The molecule has 180 valence electrons. The summed E-state index contributed by atoms with van der Waals surface area (Å²) >= 11 is 0. The van der Waals surface area contributed by atoms with Gasteiger partial charge in [-0.1, -0.05) is 85.0 Å². The summed E-state index contributed by atoms with van der Waals surface area (Å²) in [6.07, 6.45) is 14.8. The Labute approximate surface area is 189 Å². The van der Waals surface area contributed by atoms with E-state index in [9.17, 15) is 14.4 Å². The van der Waals surface area contributed by atoms with Gasteiger partial charge in [0.05, 0.1) is 13.0 Å². The van der Waals surface area contributed by atoms with Crippen molar-refractivity contribution in [2.45, 2.75) is 117 Å². The number of esters is 1. The fraction of sp³-hybridized carbons (Fsp3) is 0.880. The lowest BCUT2D eigenvalue weighted by Gasteiger charge is -2.34. The lowest BCUT2D eigenvalue weighted by atomic mass is 10.0. The zero-order valence-electron chi connectivity index (χ0n) is 20.3. The molecule has 0 radical (unpaired) electrons. The van der Waals surface area contributed by atoms with Crippen LogP contribution in [0.4, 0.5) is 0 Å². The molecule has 1 fully saturated rings. The Balaban J connectivity index is 2.23. The van der Waals surface area contributed by atoms with Gasteiger partial charge in [0.1, 0.15) is 6.04 Å². The number of carbonyl (C=O) groups excluding carboxylic acids is 3. The molecule has 31 heavy (non-hydrogen) atoms. The number of nitrogens with one attached hydrogen (secondary N) is 1. The van der Waals surface area contributed by atoms with Crippen LogP contribution in [0.2, 0.25) is 0 Å². The van der Waals surface area contributed by atoms with Crippen molar-refractivity contribution < 1.29 is 19.1 Å². The molecule has 6 heteroatoms. The molecule has 0 aromatic rings. The fourth-order valence-electron chi connectivity index (χ4n) is 3.93. The van der Waals surface area contributed by atoms with Crippen LogP contribution in [0, 0.1) is 5.92 Å². The smallest absolute Gasteiger partial charge is 0.308 e. The van der Waals surface area contributed by atoms with Gasteiger partial charge >= 0.3 is 5.97 Å². The highest BCUT2D eigenvalue weighted by Gasteiger charge is 2.34. The molecular weight excluding hydrogens is 392 g/mol. The van der Waals surface area contributed by atoms with Gasteiger partial charge in [0.2, 0.25) is 11.8 Å². The average molecular weight is 439 g/mol. The van der Waals surface area contributed by atoms with Crippen LogP contribution in [0.15, 0.2) is 0 Å². The van der Waals surface area contributed by atoms with E-state index in [0.29, 0.717) is 32.0 Å². The molecule has 1 saturated heterocycles. The van der Waals surface area contributed by atoms with Crippen LogP contribution in [0.25, 0.3) is 0 Å². The number of amides is 2. The minimum Gasteiger partial charge on any atom is -0.466 e. The van der Waals surface area contributed by atoms with Gasteiger partial charge in [-0.25, -0.2) is 0 Å². The van der Waals surface area contributed by atoms with Crippen LogP contribution in [-0.2, 0) is 19.1 Å². The second kappa shape index (κ2) is 17.0. The molecule has 0 saturated carbocycles. The SMILES string of the molecule is CCCCCCCCCCCCCC(=O)N1CCNC(=O)C1CC(=O)OCCC(C)C. The first kappa shape index (κ1) is 27.4. The molecule has 1 atom stereocenters. The predicted octanol–water partition coefficient (Wildman–Crippen LogP) is 4.99. The second-order valence-electron chi connectivity index (χ2n) is 9.29. The molecule has 1 heterocycles. The van der Waals surface area contributed by atoms with E-state index in [0.717, 1.165) is 25.7 Å². The molecule has 0 bridgehead atoms. The molecule has 0 aliphatic carbocycles. The van der Waals surface area contributed by atoms with E-state index < -0.39 is 12.0 Å². The first-order chi connectivity index (χ1) is 15.0. The van der Waals surface area contributed by atoms with Gasteiger partial charge in [0, 0.05) is 19.5 Å². The Morgan fingerprint density at radius 2 is 1.58 bits per heavy atom. The highest BCUT2D eigenvalue weighted by Crippen LogP contribution is 2.16. The summed E-state index contributed by atoms with van der Waals surface area (Å²) in [7, 11) is 0. The van der Waals surface area contributed by atoms with Gasteiger partial charge in [-0.15, -0.1) is 0 Å². The number of hydrogen-bond acceptors (Lipinski definition) is 4. The molecule has 1 unspecified atom stereocenters. The molecule has 0 aromatic heterocycles. The monoisotopic (exact) mass is 438 g/mol. The number of hydrogen-bond donors (Lipinski definition) is 1. The number of nitrogens with zero attached hydrogens (tertiary/aromatic N) is 1. The van der Waals surface area contributed by atoms with E-state index in [1.54, 1.807) is 4.90 Å². The highest BCUT2D eigenvalue weighted by molar-refractivity contribution is 5.91. The molecule has 1 rings (SSSR count). The minimum atomic E-state index is -0.736. The molecule has 2 amide bonds. The number of unbranched alkanes of at least 4 members (excludes halogenated alkanes) is 10. The normalized spacial score (nSPS) is 16.5. The van der Waals surface area contributed by atoms with Crippen molar-refractivity contribution in [1.82, 2.24) is 10.2 Å². The quantitative estimate of drug-likeness (QED) is 0.256. The fourth-order valence-corrected chi connectivity index (χ4v) is 3.93. The Hall–Kier alpha value is -1.59. The lowest BCUT2D eigenvalue weighted by molar-refractivity contribution is -0.152. The summed E-state index contributed by atoms with van der Waals surface area (Å²) in [5.74, 6) is -0.227. The van der Waals surface area contributed by atoms with E-state index >= 15 is 0 Å². The molecule has 1 aliphatic rings. The van der Waals surface area contributed by atoms with Gasteiger partial charge < -0.3 is 15.0 Å². The van der Waals surface area contributed by atoms with Crippen LogP contribution < -0.4 is 5.32 Å². The molecule has 0 spiro atoms. The van der Waals surface area contributed by atoms with Crippen LogP contribution >= 0.6 is 0 Å². The topological polar surface area (TPSA) is 75.7 Å². The first-order valence-electron chi connectivity index (χ1n) is 12.7. The summed E-state index contributed by atoms with van der Waals surface area (Å²) in [6, 6.07) is -0.736. The van der Waals surface area contributed by atoms with Gasteiger partial charge in [0.25, 0.3) is 0 Å². The maximum Gasteiger partial charge on any atom is 0.308 e. The van der Waals surface area contributed by atoms with E-state index in [1.165, 1.54) is 51.4 Å². The first-order valence-corrected chi connectivity index (χ1v) is 12.7. The van der Waals surface area contributed by atoms with Crippen LogP contribution in [-0.4, -0.2) is 48.4 Å². The number of ether oxygens (including phenoxy) is 1. The third-order valence-corrected chi connectivity index (χ3v) is 5.96.